The van der Waals surface area contributed by atoms with Crippen LogP contribution in [0.5, 0.6) is 0 Å². The lowest BCUT2D eigenvalue weighted by Gasteiger charge is -2.38. The zero-order chi connectivity index (χ0) is 9.31. The third kappa shape index (κ3) is 1.89. The van der Waals surface area contributed by atoms with Crippen molar-refractivity contribution < 1.29 is 5.11 Å². The Morgan fingerprint density at radius 3 is 2.23 bits per heavy atom. The molecular weight excluding hydrogens is 162 g/mol. The Bertz CT molecular complexity index is 167. The van der Waals surface area contributed by atoms with Gasteiger partial charge in [-0.05, 0) is 51.7 Å². The summed E-state index contributed by atoms with van der Waals surface area (Å²) in [5.41, 5.74) is -0.277. The summed E-state index contributed by atoms with van der Waals surface area (Å²) in [6.45, 7) is 2.35. The Labute approximate surface area is 80.9 Å². The molecule has 1 aliphatic heterocycles. The minimum absolute atomic E-state index is 0.277. The fourth-order valence-corrected chi connectivity index (χ4v) is 2.94. The van der Waals surface area contributed by atoms with Crippen LogP contribution in [0.15, 0.2) is 0 Å². The molecule has 2 heteroatoms. The first-order chi connectivity index (χ1) is 6.21. The second-order valence-corrected chi connectivity index (χ2v) is 4.89. The normalized spacial score (nSPS) is 30.9. The molecular formula is C11H21NO. The molecule has 0 spiro atoms. The highest BCUT2D eigenvalue weighted by Crippen LogP contribution is 2.40. The zero-order valence-corrected chi connectivity index (χ0v) is 8.63. The van der Waals surface area contributed by atoms with E-state index in [-0.39, 0.29) is 5.60 Å². The Hall–Kier alpha value is -0.0800. The van der Waals surface area contributed by atoms with E-state index in [0.29, 0.717) is 5.92 Å². The van der Waals surface area contributed by atoms with E-state index >= 15 is 0 Å². The predicted molar refractivity (Wildman–Crippen MR) is 53.6 cm³/mol. The number of aliphatic hydroxyl groups is 1. The van der Waals surface area contributed by atoms with E-state index in [2.05, 4.69) is 11.9 Å². The maximum Gasteiger partial charge on any atom is 0.0676 e. The Balaban J connectivity index is 1.93. The smallest absolute Gasteiger partial charge is 0.0676 e. The van der Waals surface area contributed by atoms with Crippen molar-refractivity contribution in [2.24, 2.45) is 5.92 Å². The van der Waals surface area contributed by atoms with Crippen LogP contribution in [0, 0.1) is 5.92 Å². The third-order valence-corrected chi connectivity index (χ3v) is 3.95. The molecule has 0 aromatic rings. The molecule has 1 heterocycles. The van der Waals surface area contributed by atoms with Crippen molar-refractivity contribution in [3.8, 4) is 0 Å². The number of hydrogen-bond donors (Lipinski definition) is 1. The van der Waals surface area contributed by atoms with Crippen molar-refractivity contribution in [3.63, 3.8) is 0 Å². The van der Waals surface area contributed by atoms with E-state index in [1.54, 1.807) is 0 Å². The maximum atomic E-state index is 10.4. The Morgan fingerprint density at radius 1 is 1.15 bits per heavy atom. The van der Waals surface area contributed by atoms with Gasteiger partial charge in [-0.15, -0.1) is 0 Å². The standard InChI is InChI=1S/C11H21NO/c1-12-8-4-10(5-9-12)11(13)6-2-3-7-11/h10,13H,2-9H2,1H3. The summed E-state index contributed by atoms with van der Waals surface area (Å²) in [6.07, 6.45) is 6.99. The van der Waals surface area contributed by atoms with Gasteiger partial charge < -0.3 is 10.0 Å². The van der Waals surface area contributed by atoms with Gasteiger partial charge in [0.15, 0.2) is 0 Å². The van der Waals surface area contributed by atoms with Crippen LogP contribution in [0.1, 0.15) is 38.5 Å². The molecule has 1 saturated heterocycles. The van der Waals surface area contributed by atoms with Crippen molar-refractivity contribution >= 4 is 0 Å². The SMILES string of the molecule is CN1CCC(C2(O)CCCC2)CC1. The molecule has 0 atom stereocenters. The van der Waals surface area contributed by atoms with Crippen molar-refractivity contribution in [2.45, 2.75) is 44.1 Å². The summed E-state index contributed by atoms with van der Waals surface area (Å²) in [5.74, 6) is 0.589. The molecule has 0 radical (unpaired) electrons. The Kier molecular flexibility index (Phi) is 2.61. The van der Waals surface area contributed by atoms with Crippen molar-refractivity contribution in [3.05, 3.63) is 0 Å². The first kappa shape index (κ1) is 9.47. The van der Waals surface area contributed by atoms with Crippen molar-refractivity contribution in [2.75, 3.05) is 20.1 Å². The molecule has 2 nitrogen and oxygen atoms in total. The molecule has 1 saturated carbocycles. The summed E-state index contributed by atoms with van der Waals surface area (Å²) in [4.78, 5) is 2.37. The zero-order valence-electron chi connectivity index (χ0n) is 8.63. The lowest BCUT2D eigenvalue weighted by molar-refractivity contribution is -0.0348. The molecule has 1 N–H and O–H groups in total. The lowest BCUT2D eigenvalue weighted by atomic mass is 9.79. The van der Waals surface area contributed by atoms with Gasteiger partial charge in [0.1, 0.15) is 0 Å². The molecule has 0 amide bonds. The van der Waals surface area contributed by atoms with Gasteiger partial charge in [-0.2, -0.15) is 0 Å². The van der Waals surface area contributed by atoms with Crippen LogP contribution in [0.4, 0.5) is 0 Å². The summed E-state index contributed by atoms with van der Waals surface area (Å²) in [7, 11) is 2.18. The van der Waals surface area contributed by atoms with Gasteiger partial charge in [0.05, 0.1) is 5.60 Å². The van der Waals surface area contributed by atoms with Crippen LogP contribution in [0.25, 0.3) is 0 Å². The highest BCUT2D eigenvalue weighted by molar-refractivity contribution is 4.92. The van der Waals surface area contributed by atoms with Gasteiger partial charge >= 0.3 is 0 Å². The molecule has 0 bridgehead atoms. The number of piperidine rings is 1. The number of likely N-dealkylation sites (tertiary alicyclic amines) is 1. The van der Waals surface area contributed by atoms with Crippen LogP contribution in [0.3, 0.4) is 0 Å². The third-order valence-electron chi connectivity index (χ3n) is 3.95. The van der Waals surface area contributed by atoms with Crippen molar-refractivity contribution in [1.29, 1.82) is 0 Å². The molecule has 2 fully saturated rings. The number of rotatable bonds is 1. The monoisotopic (exact) mass is 183 g/mol. The largest absolute Gasteiger partial charge is 0.390 e. The average Bonchev–Trinajstić information content (AvgIpc) is 2.54. The fraction of sp³-hybridized carbons (Fsp3) is 1.00. The van der Waals surface area contributed by atoms with Gasteiger partial charge in [0.25, 0.3) is 0 Å². The maximum absolute atomic E-state index is 10.4. The quantitative estimate of drug-likeness (QED) is 0.668. The summed E-state index contributed by atoms with van der Waals surface area (Å²) in [6, 6.07) is 0. The van der Waals surface area contributed by atoms with Gasteiger partial charge in [0.2, 0.25) is 0 Å². The van der Waals surface area contributed by atoms with Gasteiger partial charge in [-0.25, -0.2) is 0 Å². The molecule has 2 aliphatic rings. The van der Waals surface area contributed by atoms with Crippen LogP contribution < -0.4 is 0 Å². The topological polar surface area (TPSA) is 23.5 Å². The average molecular weight is 183 g/mol. The van der Waals surface area contributed by atoms with E-state index in [4.69, 9.17) is 0 Å². The highest BCUT2D eigenvalue weighted by atomic mass is 16.3. The second-order valence-electron chi connectivity index (χ2n) is 4.89. The highest BCUT2D eigenvalue weighted by Gasteiger charge is 2.39. The molecule has 13 heavy (non-hydrogen) atoms. The lowest BCUT2D eigenvalue weighted by Crippen LogP contribution is -2.42. The van der Waals surface area contributed by atoms with Gasteiger partial charge in [0, 0.05) is 0 Å². The predicted octanol–water partition coefficient (Wildman–Crippen LogP) is 1.63. The van der Waals surface area contributed by atoms with E-state index in [9.17, 15) is 5.11 Å². The Morgan fingerprint density at radius 2 is 1.69 bits per heavy atom. The molecule has 0 aromatic heterocycles. The van der Waals surface area contributed by atoms with Crippen LogP contribution in [-0.2, 0) is 0 Å². The van der Waals surface area contributed by atoms with Crippen LogP contribution in [0.2, 0.25) is 0 Å². The minimum Gasteiger partial charge on any atom is -0.390 e. The summed E-state index contributed by atoms with van der Waals surface area (Å²) in [5, 5.41) is 10.4. The first-order valence-corrected chi connectivity index (χ1v) is 5.62. The van der Waals surface area contributed by atoms with E-state index in [1.165, 1.54) is 38.8 Å². The molecule has 0 unspecified atom stereocenters. The second kappa shape index (κ2) is 3.58. The molecule has 0 aromatic carbocycles. The molecule has 76 valence electrons. The van der Waals surface area contributed by atoms with E-state index < -0.39 is 0 Å². The summed E-state index contributed by atoms with van der Waals surface area (Å²) >= 11 is 0. The van der Waals surface area contributed by atoms with Crippen LogP contribution in [-0.4, -0.2) is 35.7 Å². The molecule has 1 aliphatic carbocycles. The van der Waals surface area contributed by atoms with E-state index in [1.807, 2.05) is 0 Å². The number of nitrogens with zero attached hydrogens (tertiary/aromatic N) is 1. The van der Waals surface area contributed by atoms with Crippen LogP contribution >= 0.6 is 0 Å². The van der Waals surface area contributed by atoms with Gasteiger partial charge in [-0.1, -0.05) is 12.8 Å². The molecule has 2 rings (SSSR count). The number of hydrogen-bond acceptors (Lipinski definition) is 2. The fourth-order valence-electron chi connectivity index (χ4n) is 2.94. The van der Waals surface area contributed by atoms with Crippen molar-refractivity contribution in [1.82, 2.24) is 4.90 Å². The minimum atomic E-state index is -0.277. The summed E-state index contributed by atoms with van der Waals surface area (Å²) < 4.78 is 0. The van der Waals surface area contributed by atoms with E-state index in [0.717, 1.165) is 12.8 Å². The first-order valence-electron chi connectivity index (χ1n) is 5.62. The van der Waals surface area contributed by atoms with Gasteiger partial charge in [-0.3, -0.25) is 0 Å².